The van der Waals surface area contributed by atoms with Crippen molar-refractivity contribution in [1.82, 2.24) is 0 Å². The molecule has 0 aliphatic carbocycles. The third-order valence-corrected chi connectivity index (χ3v) is 10.5. The molecule has 0 saturated heterocycles. The summed E-state index contributed by atoms with van der Waals surface area (Å²) in [5.74, 6) is -0.0754. The van der Waals surface area contributed by atoms with Crippen LogP contribution >= 0.6 is 0 Å². The molecule has 0 radical (unpaired) electrons. The van der Waals surface area contributed by atoms with Crippen LogP contribution in [0, 0.1) is 57.2 Å². The maximum Gasteiger partial charge on any atom is 0.221 e. The average Bonchev–Trinajstić information content (AvgIpc) is 2.65. The smallest absolute Gasteiger partial charge is 0.221 e. The molecule has 0 fully saturated rings. The minimum atomic E-state index is -0.240. The molecule has 3 heteroatoms. The molecule has 0 aliphatic heterocycles. The van der Waals surface area contributed by atoms with Crippen LogP contribution in [0.2, 0.25) is 0 Å². The fourth-order valence-electron chi connectivity index (χ4n) is 6.21. The summed E-state index contributed by atoms with van der Waals surface area (Å²) < 4.78 is 0. The molecule has 0 aromatic heterocycles. The second kappa shape index (κ2) is 11.0. The van der Waals surface area contributed by atoms with Gasteiger partial charge in [0, 0.05) is 11.8 Å². The van der Waals surface area contributed by atoms with Crippen molar-refractivity contribution in [2.24, 2.45) is 62.9 Å². The first kappa shape index (κ1) is 31.1. The summed E-state index contributed by atoms with van der Waals surface area (Å²) in [6.45, 7) is 31.5. The Kier molecular flexibility index (Phi) is 10.7. The monoisotopic (exact) mass is 451 g/mol. The quantitative estimate of drug-likeness (QED) is 0.308. The molecule has 0 bridgehead atoms. The number of primary amides is 1. The second-order valence-corrected chi connectivity index (χ2v) is 13.5. The second-order valence-electron chi connectivity index (χ2n) is 13.5. The van der Waals surface area contributed by atoms with Crippen molar-refractivity contribution in [3.05, 3.63) is 0 Å². The van der Waals surface area contributed by atoms with Crippen LogP contribution in [-0.4, -0.2) is 12.2 Å². The minimum Gasteiger partial charge on any atom is -0.369 e. The van der Waals surface area contributed by atoms with Crippen LogP contribution in [0.1, 0.15) is 116 Å². The van der Waals surface area contributed by atoms with E-state index in [1.54, 1.807) is 0 Å². The van der Waals surface area contributed by atoms with E-state index in [1.165, 1.54) is 0 Å². The summed E-state index contributed by atoms with van der Waals surface area (Å²) in [6, 6.07) is 0. The van der Waals surface area contributed by atoms with Gasteiger partial charge in [-0.3, -0.25) is 4.79 Å². The van der Waals surface area contributed by atoms with Gasteiger partial charge in [0.15, 0.2) is 0 Å². The van der Waals surface area contributed by atoms with Gasteiger partial charge in [0.2, 0.25) is 5.91 Å². The number of rotatable bonds is 12. The van der Waals surface area contributed by atoms with Gasteiger partial charge in [0.25, 0.3) is 0 Å². The number of aldehydes is 1. The highest BCUT2D eigenvalue weighted by molar-refractivity contribution is 5.77. The predicted octanol–water partition coefficient (Wildman–Crippen LogP) is 7.76. The van der Waals surface area contributed by atoms with Crippen molar-refractivity contribution >= 4 is 12.2 Å². The molecule has 32 heavy (non-hydrogen) atoms. The average molecular weight is 452 g/mol. The van der Waals surface area contributed by atoms with Crippen LogP contribution in [0.15, 0.2) is 0 Å². The van der Waals surface area contributed by atoms with Crippen LogP contribution < -0.4 is 5.73 Å². The molecular formula is C29H57NO2. The molecule has 1 amide bonds. The zero-order valence-corrected chi connectivity index (χ0v) is 24.1. The molecule has 2 N–H and O–H groups in total. The Morgan fingerprint density at radius 1 is 0.812 bits per heavy atom. The number of carbonyl (C=O) groups is 2. The largest absolute Gasteiger partial charge is 0.369 e. The normalized spacial score (nSPS) is 22.6. The molecule has 0 aromatic rings. The Hall–Kier alpha value is -0.860. The van der Waals surface area contributed by atoms with Gasteiger partial charge in [0.05, 0.1) is 0 Å². The highest BCUT2D eigenvalue weighted by Crippen LogP contribution is 2.52. The number of amides is 1. The van der Waals surface area contributed by atoms with Crippen molar-refractivity contribution in [3.8, 4) is 0 Å². The first-order chi connectivity index (χ1) is 14.3. The van der Waals surface area contributed by atoms with E-state index >= 15 is 0 Å². The zero-order chi connectivity index (χ0) is 25.9. The first-order valence-electron chi connectivity index (χ1n) is 13.0. The van der Waals surface area contributed by atoms with E-state index in [0.717, 1.165) is 25.5 Å². The molecule has 0 aliphatic rings. The summed E-state index contributed by atoms with van der Waals surface area (Å²) >= 11 is 0. The predicted molar refractivity (Wildman–Crippen MR) is 139 cm³/mol. The van der Waals surface area contributed by atoms with Gasteiger partial charge in [-0.2, -0.15) is 0 Å². The van der Waals surface area contributed by atoms with Crippen LogP contribution in [-0.2, 0) is 9.59 Å². The van der Waals surface area contributed by atoms with Gasteiger partial charge in [-0.1, -0.05) is 103 Å². The molecular weight excluding hydrogens is 394 g/mol. The maximum atomic E-state index is 12.7. The fourth-order valence-corrected chi connectivity index (χ4v) is 6.21. The standard InChI is InChI=1S/C29H57NO2/c1-15-28(13,26(7,8)9)17-19(3)24(25(30)32)21(5)20(4)23(18-31)22(6)29(14,16-2)27(10,11)12/h18-24H,15-17H2,1-14H3,(H2,30,32). The third-order valence-electron chi connectivity index (χ3n) is 10.5. The maximum absolute atomic E-state index is 12.7. The van der Waals surface area contributed by atoms with Crippen LogP contribution in [0.3, 0.4) is 0 Å². The number of nitrogens with two attached hydrogens (primary N) is 1. The number of carbonyl (C=O) groups excluding carboxylic acids is 2. The van der Waals surface area contributed by atoms with E-state index in [-0.39, 0.29) is 63.1 Å². The van der Waals surface area contributed by atoms with Crippen molar-refractivity contribution in [3.63, 3.8) is 0 Å². The Balaban J connectivity index is 6.03. The topological polar surface area (TPSA) is 60.2 Å². The molecule has 0 aromatic carbocycles. The van der Waals surface area contributed by atoms with Gasteiger partial charge in [0.1, 0.15) is 6.29 Å². The lowest BCUT2D eigenvalue weighted by atomic mass is 9.54. The summed E-state index contributed by atoms with van der Waals surface area (Å²) in [7, 11) is 0. The van der Waals surface area contributed by atoms with Gasteiger partial charge < -0.3 is 10.5 Å². The van der Waals surface area contributed by atoms with Crippen LogP contribution in [0.5, 0.6) is 0 Å². The minimum absolute atomic E-state index is 0.0212. The molecule has 0 rings (SSSR count). The fraction of sp³-hybridized carbons (Fsp3) is 0.931. The molecule has 3 nitrogen and oxygen atoms in total. The zero-order valence-electron chi connectivity index (χ0n) is 24.1. The van der Waals surface area contributed by atoms with Crippen molar-refractivity contribution in [2.75, 3.05) is 0 Å². The molecule has 0 saturated carbocycles. The van der Waals surface area contributed by atoms with Crippen LogP contribution in [0.25, 0.3) is 0 Å². The van der Waals surface area contributed by atoms with Gasteiger partial charge in [-0.15, -0.1) is 0 Å². The summed E-state index contributed by atoms with van der Waals surface area (Å²) in [6.07, 6.45) is 4.18. The molecule has 8 atom stereocenters. The van der Waals surface area contributed by atoms with Crippen molar-refractivity contribution < 1.29 is 9.59 Å². The van der Waals surface area contributed by atoms with Gasteiger partial charge in [-0.25, -0.2) is 0 Å². The lowest BCUT2D eigenvalue weighted by Crippen LogP contribution is -2.46. The summed E-state index contributed by atoms with van der Waals surface area (Å²) in [5.41, 5.74) is 6.38. The Bertz CT molecular complexity index is 614. The van der Waals surface area contributed by atoms with Crippen molar-refractivity contribution in [2.45, 2.75) is 116 Å². The highest BCUT2D eigenvalue weighted by Gasteiger charge is 2.47. The van der Waals surface area contributed by atoms with E-state index in [9.17, 15) is 9.59 Å². The van der Waals surface area contributed by atoms with E-state index < -0.39 is 0 Å². The number of hydrogen-bond donors (Lipinski definition) is 1. The first-order valence-corrected chi connectivity index (χ1v) is 13.0. The van der Waals surface area contributed by atoms with E-state index in [1.807, 2.05) is 0 Å². The lowest BCUT2D eigenvalue weighted by molar-refractivity contribution is -0.130. The van der Waals surface area contributed by atoms with Gasteiger partial charge >= 0.3 is 0 Å². The SMILES string of the molecule is CCC(C)(CC(C)C(C(N)=O)C(C)C(C)C(C=O)C(C)C(C)(CC)C(C)(C)C)C(C)(C)C. The molecule has 190 valence electrons. The Morgan fingerprint density at radius 3 is 1.56 bits per heavy atom. The van der Waals surface area contributed by atoms with Gasteiger partial charge in [-0.05, 0) is 58.2 Å². The van der Waals surface area contributed by atoms with E-state index in [4.69, 9.17) is 5.73 Å². The highest BCUT2D eigenvalue weighted by atomic mass is 16.1. The molecule has 0 spiro atoms. The van der Waals surface area contributed by atoms with E-state index in [2.05, 4.69) is 96.9 Å². The van der Waals surface area contributed by atoms with Crippen molar-refractivity contribution in [1.29, 1.82) is 0 Å². The van der Waals surface area contributed by atoms with Crippen LogP contribution in [0.4, 0.5) is 0 Å². The Labute approximate surface area is 201 Å². The molecule has 0 heterocycles. The summed E-state index contributed by atoms with van der Waals surface area (Å²) in [5, 5.41) is 0. The lowest BCUT2D eigenvalue weighted by Gasteiger charge is -2.50. The number of hydrogen-bond acceptors (Lipinski definition) is 2. The molecule has 8 unspecified atom stereocenters. The van der Waals surface area contributed by atoms with E-state index in [0.29, 0.717) is 0 Å². The summed E-state index contributed by atoms with van der Waals surface area (Å²) in [4.78, 5) is 25.2. The Morgan fingerprint density at radius 2 is 1.28 bits per heavy atom. The third kappa shape index (κ3) is 6.38.